The fourth-order valence-electron chi connectivity index (χ4n) is 2.49. The third-order valence-electron chi connectivity index (χ3n) is 4.16. The van der Waals surface area contributed by atoms with Crippen molar-refractivity contribution in [3.05, 3.63) is 35.4 Å². The molecule has 0 saturated carbocycles. The predicted molar refractivity (Wildman–Crippen MR) is 118 cm³/mol. The molecule has 29 heavy (non-hydrogen) atoms. The van der Waals surface area contributed by atoms with Crippen molar-refractivity contribution in [1.82, 2.24) is 5.32 Å². The average Bonchev–Trinajstić information content (AvgIpc) is 2.73. The second-order valence-corrected chi connectivity index (χ2v) is 7.12. The zero-order chi connectivity index (χ0) is 21.3. The van der Waals surface area contributed by atoms with Gasteiger partial charge in [0.05, 0.1) is 19.8 Å². The molecule has 0 radical (unpaired) electrons. The van der Waals surface area contributed by atoms with Crippen molar-refractivity contribution in [2.24, 2.45) is 0 Å². The summed E-state index contributed by atoms with van der Waals surface area (Å²) in [6.07, 6.45) is 5.95. The predicted octanol–water partition coefficient (Wildman–Crippen LogP) is 3.61. The first-order valence-electron chi connectivity index (χ1n) is 9.97. The lowest BCUT2D eigenvalue weighted by Gasteiger charge is -2.12. The number of hydrogen-bond acceptors (Lipinski definition) is 5. The maximum absolute atomic E-state index is 12.1. The Morgan fingerprint density at radius 2 is 1.72 bits per heavy atom. The van der Waals surface area contributed by atoms with E-state index in [0.29, 0.717) is 26.4 Å². The summed E-state index contributed by atoms with van der Waals surface area (Å²) in [5.74, 6) is 0.321. The van der Waals surface area contributed by atoms with E-state index >= 15 is 0 Å². The van der Waals surface area contributed by atoms with Crippen LogP contribution in [0.4, 0.5) is 5.69 Å². The Morgan fingerprint density at radius 3 is 2.34 bits per heavy atom. The van der Waals surface area contributed by atoms with Crippen LogP contribution >= 0.6 is 11.6 Å². The second kappa shape index (κ2) is 15.8. The molecule has 0 spiro atoms. The number of carbonyl (C=O) groups excluding carboxylic acids is 1. The van der Waals surface area contributed by atoms with Gasteiger partial charge in [-0.2, -0.15) is 5.26 Å². The molecule has 7 heteroatoms. The number of carbonyl (C=O) groups is 1. The summed E-state index contributed by atoms with van der Waals surface area (Å²) in [6, 6.07) is 9.58. The Hall–Kier alpha value is -2.07. The minimum Gasteiger partial charge on any atom is -0.379 e. The fraction of sp³-hybridized carbons (Fsp3) is 0.545. The van der Waals surface area contributed by atoms with Gasteiger partial charge in [0.1, 0.15) is 11.6 Å². The molecule has 0 saturated heterocycles. The van der Waals surface area contributed by atoms with Crippen molar-refractivity contribution in [2.45, 2.75) is 25.7 Å². The number of hydrogen-bond donors (Lipinski definition) is 1. The highest BCUT2D eigenvalue weighted by Gasteiger charge is 2.08. The number of nitriles is 1. The molecular weight excluding hydrogens is 390 g/mol. The molecule has 1 rings (SSSR count). The van der Waals surface area contributed by atoms with E-state index in [1.165, 1.54) is 0 Å². The molecule has 0 heterocycles. The molecule has 0 atom stereocenters. The standard InChI is InChI=1S/C22H32ClN3O3/c1-26(2)21-9-7-19(8-10-21)17-20(18-24)22(27)25-12-14-29-16-15-28-13-6-4-3-5-11-23/h7-10,17H,3-6,11-16H2,1-2H3,(H,25,27)/b20-17+. The first-order chi connectivity index (χ1) is 14.1. The number of unbranched alkanes of at least 4 members (excludes halogenated alkanes) is 3. The molecule has 160 valence electrons. The van der Waals surface area contributed by atoms with Crippen molar-refractivity contribution in [3.63, 3.8) is 0 Å². The van der Waals surface area contributed by atoms with Gasteiger partial charge >= 0.3 is 0 Å². The highest BCUT2D eigenvalue weighted by atomic mass is 35.5. The molecule has 1 aromatic rings. The van der Waals surface area contributed by atoms with E-state index in [9.17, 15) is 10.1 Å². The molecule has 0 aliphatic rings. The molecule has 0 aliphatic carbocycles. The Morgan fingerprint density at radius 1 is 1.07 bits per heavy atom. The number of alkyl halides is 1. The highest BCUT2D eigenvalue weighted by Crippen LogP contribution is 2.14. The third kappa shape index (κ3) is 11.5. The van der Waals surface area contributed by atoms with Crippen LogP contribution in [0.5, 0.6) is 0 Å². The monoisotopic (exact) mass is 421 g/mol. The van der Waals surface area contributed by atoms with E-state index in [-0.39, 0.29) is 5.57 Å². The lowest BCUT2D eigenvalue weighted by atomic mass is 10.1. The average molecular weight is 422 g/mol. The maximum atomic E-state index is 12.1. The van der Waals surface area contributed by atoms with Crippen molar-refractivity contribution in [2.75, 3.05) is 57.8 Å². The molecule has 0 aliphatic heterocycles. The Bertz CT molecular complexity index is 654. The Kier molecular flexibility index (Phi) is 13.6. The van der Waals surface area contributed by atoms with Crippen LogP contribution < -0.4 is 10.2 Å². The largest absolute Gasteiger partial charge is 0.379 e. The van der Waals surface area contributed by atoms with Gasteiger partial charge in [-0.15, -0.1) is 11.6 Å². The minimum absolute atomic E-state index is 0.0695. The second-order valence-electron chi connectivity index (χ2n) is 6.74. The molecule has 6 nitrogen and oxygen atoms in total. The summed E-state index contributed by atoms with van der Waals surface area (Å²) in [7, 11) is 3.91. The maximum Gasteiger partial charge on any atom is 0.262 e. The molecule has 0 bridgehead atoms. The van der Waals surface area contributed by atoms with E-state index in [4.69, 9.17) is 21.1 Å². The normalized spacial score (nSPS) is 11.2. The van der Waals surface area contributed by atoms with Crippen molar-refractivity contribution in [3.8, 4) is 6.07 Å². The number of ether oxygens (including phenoxy) is 2. The van der Waals surface area contributed by atoms with Gasteiger partial charge in [-0.3, -0.25) is 4.79 Å². The van der Waals surface area contributed by atoms with Crippen LogP contribution in [-0.4, -0.2) is 58.9 Å². The molecule has 0 unspecified atom stereocenters. The quantitative estimate of drug-likeness (QED) is 0.203. The Labute approximate surface area is 179 Å². The number of amides is 1. The molecule has 1 N–H and O–H groups in total. The SMILES string of the molecule is CN(C)c1ccc(/C=C(\C#N)C(=O)NCCOCCOCCCCCCCl)cc1. The summed E-state index contributed by atoms with van der Waals surface area (Å²) < 4.78 is 10.9. The first kappa shape index (κ1) is 25.0. The molecule has 1 aromatic carbocycles. The van der Waals surface area contributed by atoms with E-state index in [1.54, 1.807) is 6.08 Å². The fourth-order valence-corrected chi connectivity index (χ4v) is 2.68. The zero-order valence-corrected chi connectivity index (χ0v) is 18.2. The number of nitrogens with zero attached hydrogens (tertiary/aromatic N) is 2. The van der Waals surface area contributed by atoms with Crippen LogP contribution in [-0.2, 0) is 14.3 Å². The topological polar surface area (TPSA) is 74.6 Å². The number of nitrogens with one attached hydrogen (secondary N) is 1. The number of halogens is 1. The van der Waals surface area contributed by atoms with Crippen molar-refractivity contribution in [1.29, 1.82) is 5.26 Å². The lowest BCUT2D eigenvalue weighted by molar-refractivity contribution is -0.117. The zero-order valence-electron chi connectivity index (χ0n) is 17.5. The lowest BCUT2D eigenvalue weighted by Crippen LogP contribution is -2.28. The summed E-state index contributed by atoms with van der Waals surface area (Å²) in [4.78, 5) is 14.1. The van der Waals surface area contributed by atoms with Gasteiger partial charge in [-0.1, -0.05) is 25.0 Å². The van der Waals surface area contributed by atoms with Gasteiger partial charge < -0.3 is 19.7 Å². The van der Waals surface area contributed by atoms with Gasteiger partial charge in [0.2, 0.25) is 0 Å². The van der Waals surface area contributed by atoms with E-state index in [2.05, 4.69) is 5.32 Å². The minimum atomic E-state index is -0.402. The van der Waals surface area contributed by atoms with Crippen molar-refractivity contribution >= 4 is 29.3 Å². The van der Waals surface area contributed by atoms with E-state index in [1.807, 2.05) is 49.3 Å². The number of anilines is 1. The van der Waals surface area contributed by atoms with Crippen molar-refractivity contribution < 1.29 is 14.3 Å². The van der Waals surface area contributed by atoms with Crippen LogP contribution in [0.15, 0.2) is 29.8 Å². The highest BCUT2D eigenvalue weighted by molar-refractivity contribution is 6.17. The Balaban J connectivity index is 2.18. The van der Waals surface area contributed by atoms with E-state index < -0.39 is 5.91 Å². The van der Waals surface area contributed by atoms with Gasteiger partial charge in [-0.25, -0.2) is 0 Å². The van der Waals surface area contributed by atoms with Crippen LogP contribution in [0, 0.1) is 11.3 Å². The summed E-state index contributed by atoms with van der Waals surface area (Å²) >= 11 is 5.63. The van der Waals surface area contributed by atoms with Crippen LogP contribution in [0.3, 0.4) is 0 Å². The third-order valence-corrected chi connectivity index (χ3v) is 4.43. The smallest absolute Gasteiger partial charge is 0.262 e. The van der Waals surface area contributed by atoms with Gasteiger partial charge in [0.15, 0.2) is 0 Å². The van der Waals surface area contributed by atoms with Gasteiger partial charge in [0, 0.05) is 38.8 Å². The summed E-state index contributed by atoms with van der Waals surface area (Å²) in [5, 5.41) is 11.9. The molecule has 0 fully saturated rings. The molecule has 0 aromatic heterocycles. The summed E-state index contributed by atoms with van der Waals surface area (Å²) in [6.45, 7) is 2.47. The number of benzene rings is 1. The van der Waals surface area contributed by atoms with Crippen LogP contribution in [0.1, 0.15) is 31.2 Å². The summed E-state index contributed by atoms with van der Waals surface area (Å²) in [5.41, 5.74) is 1.93. The molecule has 1 amide bonds. The van der Waals surface area contributed by atoms with E-state index in [0.717, 1.165) is 49.4 Å². The first-order valence-corrected chi connectivity index (χ1v) is 10.5. The van der Waals surface area contributed by atoms with Crippen LogP contribution in [0.25, 0.3) is 6.08 Å². The van der Waals surface area contributed by atoms with Gasteiger partial charge in [-0.05, 0) is 36.6 Å². The van der Waals surface area contributed by atoms with Gasteiger partial charge in [0.25, 0.3) is 5.91 Å². The molecular formula is C22H32ClN3O3. The number of rotatable bonds is 15. The van der Waals surface area contributed by atoms with Crippen LogP contribution in [0.2, 0.25) is 0 Å².